The molecule has 0 aliphatic carbocycles. The SMILES string of the molecule is CC(=O)N(CCN)[C@H](CO)C(=O)O. The van der Waals surface area contributed by atoms with Crippen molar-refractivity contribution >= 4 is 11.9 Å². The minimum absolute atomic E-state index is 0.132. The third-order valence-electron chi connectivity index (χ3n) is 1.61. The van der Waals surface area contributed by atoms with Crippen molar-refractivity contribution in [3.63, 3.8) is 0 Å². The van der Waals surface area contributed by atoms with Crippen molar-refractivity contribution in [2.24, 2.45) is 5.73 Å². The summed E-state index contributed by atoms with van der Waals surface area (Å²) in [6, 6.07) is -1.19. The van der Waals surface area contributed by atoms with E-state index in [1.54, 1.807) is 0 Å². The molecule has 0 aromatic carbocycles. The fraction of sp³-hybridized carbons (Fsp3) is 0.714. The molecule has 4 N–H and O–H groups in total. The molecule has 0 radical (unpaired) electrons. The molecule has 76 valence electrons. The molecule has 0 aromatic heterocycles. The molecule has 0 fully saturated rings. The molecule has 0 heterocycles. The highest BCUT2D eigenvalue weighted by molar-refractivity contribution is 5.82. The summed E-state index contributed by atoms with van der Waals surface area (Å²) in [5.74, 6) is -1.64. The van der Waals surface area contributed by atoms with Gasteiger partial charge in [0.15, 0.2) is 6.04 Å². The average molecular weight is 190 g/mol. The number of aliphatic hydroxyl groups is 1. The van der Waals surface area contributed by atoms with Crippen molar-refractivity contribution in [2.45, 2.75) is 13.0 Å². The maximum Gasteiger partial charge on any atom is 0.328 e. The first-order valence-electron chi connectivity index (χ1n) is 3.85. The molecule has 0 saturated heterocycles. The number of amides is 1. The van der Waals surface area contributed by atoms with Gasteiger partial charge >= 0.3 is 5.97 Å². The van der Waals surface area contributed by atoms with Gasteiger partial charge in [-0.25, -0.2) is 4.79 Å². The zero-order chi connectivity index (χ0) is 10.4. The van der Waals surface area contributed by atoms with Crippen molar-refractivity contribution in [3.05, 3.63) is 0 Å². The minimum atomic E-state index is -1.23. The predicted octanol–water partition coefficient (Wildman–Crippen LogP) is -1.76. The van der Waals surface area contributed by atoms with E-state index in [1.807, 2.05) is 0 Å². The van der Waals surface area contributed by atoms with E-state index in [4.69, 9.17) is 15.9 Å². The number of carbonyl (C=O) groups excluding carboxylic acids is 1. The van der Waals surface area contributed by atoms with Gasteiger partial charge < -0.3 is 20.8 Å². The van der Waals surface area contributed by atoms with Crippen LogP contribution in [-0.4, -0.2) is 52.7 Å². The highest BCUT2D eigenvalue weighted by atomic mass is 16.4. The van der Waals surface area contributed by atoms with E-state index in [1.165, 1.54) is 6.92 Å². The Hall–Kier alpha value is -1.14. The van der Waals surface area contributed by atoms with Gasteiger partial charge in [0, 0.05) is 20.0 Å². The van der Waals surface area contributed by atoms with Crippen LogP contribution in [0.15, 0.2) is 0 Å². The lowest BCUT2D eigenvalue weighted by Gasteiger charge is -2.25. The topological polar surface area (TPSA) is 104 Å². The Bertz CT molecular complexity index is 195. The number of carbonyl (C=O) groups is 2. The molecule has 0 unspecified atom stereocenters. The van der Waals surface area contributed by atoms with Crippen LogP contribution in [-0.2, 0) is 9.59 Å². The number of aliphatic carboxylic acids is 1. The minimum Gasteiger partial charge on any atom is -0.480 e. The summed E-state index contributed by atoms with van der Waals surface area (Å²) in [5.41, 5.74) is 5.19. The van der Waals surface area contributed by atoms with Gasteiger partial charge in [0.25, 0.3) is 0 Å². The maximum atomic E-state index is 10.9. The standard InChI is InChI=1S/C7H14N2O4/c1-5(11)9(3-2-8)6(4-10)7(12)13/h6,10H,2-4,8H2,1H3,(H,12,13)/t6-/m1/s1. The van der Waals surface area contributed by atoms with E-state index in [-0.39, 0.29) is 13.1 Å². The van der Waals surface area contributed by atoms with Gasteiger partial charge in [-0.1, -0.05) is 0 Å². The second-order valence-corrected chi connectivity index (χ2v) is 2.54. The lowest BCUT2D eigenvalue weighted by atomic mass is 10.2. The Kier molecular flexibility index (Phi) is 5.01. The van der Waals surface area contributed by atoms with Crippen molar-refractivity contribution < 1.29 is 19.8 Å². The Morgan fingerprint density at radius 2 is 2.08 bits per heavy atom. The highest BCUT2D eigenvalue weighted by Gasteiger charge is 2.25. The zero-order valence-electron chi connectivity index (χ0n) is 7.43. The van der Waals surface area contributed by atoms with Crippen LogP contribution in [0.25, 0.3) is 0 Å². The number of hydrogen-bond acceptors (Lipinski definition) is 4. The van der Waals surface area contributed by atoms with Crippen LogP contribution in [0.3, 0.4) is 0 Å². The molecule has 0 aliphatic rings. The largest absolute Gasteiger partial charge is 0.480 e. The first kappa shape index (κ1) is 11.9. The lowest BCUT2D eigenvalue weighted by Crippen LogP contribution is -2.48. The van der Waals surface area contributed by atoms with Crippen LogP contribution in [0.4, 0.5) is 0 Å². The van der Waals surface area contributed by atoms with Gasteiger partial charge in [-0.15, -0.1) is 0 Å². The molecule has 6 nitrogen and oxygen atoms in total. The molecular formula is C7H14N2O4. The molecule has 0 aliphatic heterocycles. The van der Waals surface area contributed by atoms with Crippen molar-refractivity contribution in [1.29, 1.82) is 0 Å². The molecule has 1 amide bonds. The molecular weight excluding hydrogens is 176 g/mol. The van der Waals surface area contributed by atoms with Crippen molar-refractivity contribution in [3.8, 4) is 0 Å². The molecule has 0 saturated carbocycles. The van der Waals surface area contributed by atoms with E-state index >= 15 is 0 Å². The van der Waals surface area contributed by atoms with Gasteiger partial charge in [0.05, 0.1) is 6.61 Å². The molecule has 0 aromatic rings. The van der Waals surface area contributed by atoms with Crippen LogP contribution < -0.4 is 5.73 Å². The van der Waals surface area contributed by atoms with E-state index in [9.17, 15) is 9.59 Å². The lowest BCUT2D eigenvalue weighted by molar-refractivity contribution is -0.151. The summed E-state index contributed by atoms with van der Waals surface area (Å²) >= 11 is 0. The Morgan fingerprint density at radius 3 is 2.31 bits per heavy atom. The molecule has 0 spiro atoms. The molecule has 6 heteroatoms. The number of carboxylic acid groups (broad SMARTS) is 1. The monoisotopic (exact) mass is 190 g/mol. The Labute approximate surface area is 75.9 Å². The number of hydrogen-bond donors (Lipinski definition) is 3. The zero-order valence-corrected chi connectivity index (χ0v) is 7.43. The Morgan fingerprint density at radius 1 is 1.54 bits per heavy atom. The average Bonchev–Trinajstić information content (AvgIpc) is 2.03. The van der Waals surface area contributed by atoms with Crippen molar-refractivity contribution in [2.75, 3.05) is 19.7 Å². The first-order valence-corrected chi connectivity index (χ1v) is 3.85. The predicted molar refractivity (Wildman–Crippen MR) is 45.0 cm³/mol. The highest BCUT2D eigenvalue weighted by Crippen LogP contribution is 1.99. The van der Waals surface area contributed by atoms with Gasteiger partial charge in [0.2, 0.25) is 5.91 Å². The van der Waals surface area contributed by atoms with Crippen molar-refractivity contribution in [1.82, 2.24) is 4.90 Å². The van der Waals surface area contributed by atoms with Gasteiger partial charge in [-0.3, -0.25) is 4.79 Å². The third-order valence-corrected chi connectivity index (χ3v) is 1.61. The van der Waals surface area contributed by atoms with Crippen LogP contribution in [0.2, 0.25) is 0 Å². The molecule has 1 atom stereocenters. The second-order valence-electron chi connectivity index (χ2n) is 2.54. The summed E-state index contributed by atoms with van der Waals surface area (Å²) in [5, 5.41) is 17.4. The summed E-state index contributed by atoms with van der Waals surface area (Å²) in [4.78, 5) is 22.5. The number of carboxylic acids is 1. The normalized spacial score (nSPS) is 12.2. The van der Waals surface area contributed by atoms with E-state index in [2.05, 4.69) is 0 Å². The fourth-order valence-electron chi connectivity index (χ4n) is 0.982. The Balaban J connectivity index is 4.48. The number of aliphatic hydroxyl groups excluding tert-OH is 1. The summed E-state index contributed by atoms with van der Waals surface area (Å²) < 4.78 is 0. The fourth-order valence-corrected chi connectivity index (χ4v) is 0.982. The van der Waals surface area contributed by atoms with E-state index < -0.39 is 24.5 Å². The van der Waals surface area contributed by atoms with Gasteiger partial charge in [-0.2, -0.15) is 0 Å². The van der Waals surface area contributed by atoms with Gasteiger partial charge in [-0.05, 0) is 0 Å². The van der Waals surface area contributed by atoms with E-state index in [0.717, 1.165) is 4.90 Å². The van der Waals surface area contributed by atoms with Crippen LogP contribution in [0.1, 0.15) is 6.92 Å². The van der Waals surface area contributed by atoms with Crippen LogP contribution in [0, 0.1) is 0 Å². The smallest absolute Gasteiger partial charge is 0.328 e. The van der Waals surface area contributed by atoms with Crippen LogP contribution in [0.5, 0.6) is 0 Å². The first-order chi connectivity index (χ1) is 6.04. The number of nitrogens with two attached hydrogens (primary N) is 1. The second kappa shape index (κ2) is 5.50. The molecule has 0 bridgehead atoms. The molecule has 0 rings (SSSR count). The van der Waals surface area contributed by atoms with Crippen LogP contribution >= 0.6 is 0 Å². The number of nitrogens with zero attached hydrogens (tertiary/aromatic N) is 1. The van der Waals surface area contributed by atoms with Gasteiger partial charge in [0.1, 0.15) is 0 Å². The maximum absolute atomic E-state index is 10.9. The molecule has 13 heavy (non-hydrogen) atoms. The summed E-state index contributed by atoms with van der Waals surface area (Å²) in [7, 11) is 0. The number of rotatable bonds is 5. The van der Waals surface area contributed by atoms with E-state index in [0.29, 0.717) is 0 Å². The summed E-state index contributed by atoms with van der Waals surface area (Å²) in [6.45, 7) is 0.937. The summed E-state index contributed by atoms with van der Waals surface area (Å²) in [6.07, 6.45) is 0. The quantitative estimate of drug-likeness (QED) is 0.476. The third kappa shape index (κ3) is 3.39.